The molecule has 0 aliphatic carbocycles. The summed E-state index contributed by atoms with van der Waals surface area (Å²) in [7, 11) is 0. The molecule has 0 heterocycles. The van der Waals surface area contributed by atoms with E-state index in [1.54, 1.807) is 24.3 Å². The Bertz CT molecular complexity index is 815. The molecule has 0 radical (unpaired) electrons. The zero-order valence-corrected chi connectivity index (χ0v) is 11.7. The van der Waals surface area contributed by atoms with Gasteiger partial charge < -0.3 is 10.2 Å². The molecular weight excluding hydrogens is 260 g/mol. The monoisotopic (exact) mass is 276 g/mol. The van der Waals surface area contributed by atoms with Crippen molar-refractivity contribution >= 4 is 22.4 Å². The highest BCUT2D eigenvalue weighted by Gasteiger charge is 2.03. The van der Waals surface area contributed by atoms with E-state index in [0.717, 1.165) is 27.5 Å². The predicted molar refractivity (Wildman–Crippen MR) is 87.3 cm³/mol. The molecule has 3 aromatic rings. The molecule has 0 spiro atoms. The van der Waals surface area contributed by atoms with E-state index in [-0.39, 0.29) is 11.5 Å². The summed E-state index contributed by atoms with van der Waals surface area (Å²) in [5.41, 5.74) is 3.32. The quantitative estimate of drug-likeness (QED) is 0.659. The summed E-state index contributed by atoms with van der Waals surface area (Å²) < 4.78 is 0. The van der Waals surface area contributed by atoms with Gasteiger partial charge in [-0.05, 0) is 58.7 Å². The SMILES string of the molecule is C/C(=C/c1ccc(O)cc1)c1cccc2cc(O)ccc12. The molecule has 2 heteroatoms. The molecule has 2 nitrogen and oxygen atoms in total. The Hall–Kier alpha value is -2.74. The van der Waals surface area contributed by atoms with Crippen molar-refractivity contribution in [3.05, 3.63) is 71.8 Å². The number of fused-ring (bicyclic) bond motifs is 1. The van der Waals surface area contributed by atoms with E-state index in [4.69, 9.17) is 0 Å². The van der Waals surface area contributed by atoms with Crippen molar-refractivity contribution in [3.8, 4) is 11.5 Å². The Kier molecular flexibility index (Phi) is 3.36. The smallest absolute Gasteiger partial charge is 0.116 e. The number of benzene rings is 3. The topological polar surface area (TPSA) is 40.5 Å². The lowest BCUT2D eigenvalue weighted by atomic mass is 9.97. The fraction of sp³-hybridized carbons (Fsp3) is 0.0526. The summed E-state index contributed by atoms with van der Waals surface area (Å²) in [5, 5.41) is 21.0. The van der Waals surface area contributed by atoms with Crippen LogP contribution in [0.2, 0.25) is 0 Å². The second-order valence-electron chi connectivity index (χ2n) is 5.13. The predicted octanol–water partition coefficient (Wildman–Crippen LogP) is 4.81. The molecule has 0 atom stereocenters. The van der Waals surface area contributed by atoms with Gasteiger partial charge in [-0.3, -0.25) is 0 Å². The minimum atomic E-state index is 0.269. The van der Waals surface area contributed by atoms with E-state index >= 15 is 0 Å². The van der Waals surface area contributed by atoms with E-state index in [1.165, 1.54) is 0 Å². The molecule has 0 unspecified atom stereocenters. The third-order valence-electron chi connectivity index (χ3n) is 3.57. The lowest BCUT2D eigenvalue weighted by Gasteiger charge is -2.08. The fourth-order valence-electron chi connectivity index (χ4n) is 2.51. The Morgan fingerprint density at radius 3 is 2.33 bits per heavy atom. The van der Waals surface area contributed by atoms with Crippen LogP contribution in [0.5, 0.6) is 11.5 Å². The highest BCUT2D eigenvalue weighted by atomic mass is 16.3. The first-order chi connectivity index (χ1) is 10.1. The Morgan fingerprint density at radius 2 is 1.57 bits per heavy atom. The first kappa shape index (κ1) is 13.3. The molecule has 3 aromatic carbocycles. The summed E-state index contributed by atoms with van der Waals surface area (Å²) in [6, 6.07) is 18.6. The van der Waals surface area contributed by atoms with Crippen LogP contribution < -0.4 is 0 Å². The van der Waals surface area contributed by atoms with Crippen LogP contribution in [0.4, 0.5) is 0 Å². The molecular formula is C19H16O2. The zero-order chi connectivity index (χ0) is 14.8. The van der Waals surface area contributed by atoms with Gasteiger partial charge in [0.05, 0.1) is 0 Å². The number of aromatic hydroxyl groups is 2. The van der Waals surface area contributed by atoms with Gasteiger partial charge in [-0.25, -0.2) is 0 Å². The molecule has 0 aliphatic rings. The zero-order valence-electron chi connectivity index (χ0n) is 11.7. The van der Waals surface area contributed by atoms with Crippen LogP contribution in [-0.4, -0.2) is 10.2 Å². The van der Waals surface area contributed by atoms with Crippen molar-refractivity contribution in [3.63, 3.8) is 0 Å². The van der Waals surface area contributed by atoms with E-state index in [2.05, 4.69) is 19.1 Å². The summed E-state index contributed by atoms with van der Waals surface area (Å²) in [4.78, 5) is 0. The van der Waals surface area contributed by atoms with Gasteiger partial charge in [0.25, 0.3) is 0 Å². The van der Waals surface area contributed by atoms with Gasteiger partial charge in [0.15, 0.2) is 0 Å². The van der Waals surface area contributed by atoms with Crippen LogP contribution in [0, 0.1) is 0 Å². The van der Waals surface area contributed by atoms with Crippen LogP contribution in [0.3, 0.4) is 0 Å². The van der Waals surface area contributed by atoms with Crippen molar-refractivity contribution in [2.75, 3.05) is 0 Å². The lowest BCUT2D eigenvalue weighted by Crippen LogP contribution is -1.84. The van der Waals surface area contributed by atoms with Crippen molar-refractivity contribution < 1.29 is 10.2 Å². The summed E-state index contributed by atoms with van der Waals surface area (Å²) in [5.74, 6) is 0.547. The Balaban J connectivity index is 2.09. The standard InChI is InChI=1S/C19H16O2/c1-13(11-14-5-7-16(20)8-6-14)18-4-2-3-15-12-17(21)9-10-19(15)18/h2-12,20-21H,1H3/b13-11-. The van der Waals surface area contributed by atoms with Gasteiger partial charge in [-0.15, -0.1) is 0 Å². The highest BCUT2D eigenvalue weighted by molar-refractivity contribution is 5.97. The van der Waals surface area contributed by atoms with Crippen LogP contribution in [-0.2, 0) is 0 Å². The molecule has 0 saturated carbocycles. The highest BCUT2D eigenvalue weighted by Crippen LogP contribution is 2.28. The third kappa shape index (κ3) is 2.75. The largest absolute Gasteiger partial charge is 0.508 e. The number of rotatable bonds is 2. The number of allylic oxidation sites excluding steroid dienone is 1. The molecule has 0 aromatic heterocycles. The Labute approximate surface area is 123 Å². The lowest BCUT2D eigenvalue weighted by molar-refractivity contribution is 0.475. The molecule has 0 aliphatic heterocycles. The number of phenolic OH excluding ortho intramolecular Hbond substituents is 2. The van der Waals surface area contributed by atoms with Crippen molar-refractivity contribution in [2.24, 2.45) is 0 Å². The van der Waals surface area contributed by atoms with E-state index in [1.807, 2.05) is 30.3 Å². The molecule has 0 fully saturated rings. The first-order valence-corrected chi connectivity index (χ1v) is 6.83. The summed E-state index contributed by atoms with van der Waals surface area (Å²) in [6.45, 7) is 2.06. The van der Waals surface area contributed by atoms with Crippen molar-refractivity contribution in [1.82, 2.24) is 0 Å². The molecule has 21 heavy (non-hydrogen) atoms. The molecule has 0 bridgehead atoms. The van der Waals surface area contributed by atoms with Gasteiger partial charge in [-0.2, -0.15) is 0 Å². The van der Waals surface area contributed by atoms with Gasteiger partial charge in [-0.1, -0.05) is 42.5 Å². The molecule has 2 N–H and O–H groups in total. The third-order valence-corrected chi connectivity index (χ3v) is 3.57. The molecule has 0 amide bonds. The van der Waals surface area contributed by atoms with Crippen LogP contribution in [0.15, 0.2) is 60.7 Å². The van der Waals surface area contributed by atoms with E-state index in [0.29, 0.717) is 0 Å². The van der Waals surface area contributed by atoms with Crippen molar-refractivity contribution in [1.29, 1.82) is 0 Å². The number of phenols is 2. The second-order valence-corrected chi connectivity index (χ2v) is 5.13. The Morgan fingerprint density at radius 1 is 0.857 bits per heavy atom. The molecule has 0 saturated heterocycles. The maximum Gasteiger partial charge on any atom is 0.116 e. The first-order valence-electron chi connectivity index (χ1n) is 6.83. The minimum absolute atomic E-state index is 0.269. The van der Waals surface area contributed by atoms with Gasteiger partial charge in [0.1, 0.15) is 11.5 Å². The average molecular weight is 276 g/mol. The van der Waals surface area contributed by atoms with Crippen LogP contribution in [0.25, 0.3) is 22.4 Å². The normalized spacial score (nSPS) is 11.8. The van der Waals surface area contributed by atoms with E-state index in [9.17, 15) is 10.2 Å². The van der Waals surface area contributed by atoms with Gasteiger partial charge in [0, 0.05) is 0 Å². The maximum absolute atomic E-state index is 9.58. The second kappa shape index (κ2) is 5.33. The van der Waals surface area contributed by atoms with E-state index < -0.39 is 0 Å². The fourth-order valence-corrected chi connectivity index (χ4v) is 2.51. The minimum Gasteiger partial charge on any atom is -0.508 e. The van der Waals surface area contributed by atoms with Gasteiger partial charge in [0.2, 0.25) is 0 Å². The number of hydrogen-bond acceptors (Lipinski definition) is 2. The van der Waals surface area contributed by atoms with Gasteiger partial charge >= 0.3 is 0 Å². The molecule has 3 rings (SSSR count). The summed E-state index contributed by atoms with van der Waals surface area (Å²) in [6.07, 6.45) is 2.08. The number of hydrogen-bond donors (Lipinski definition) is 2. The van der Waals surface area contributed by atoms with Crippen LogP contribution >= 0.6 is 0 Å². The summed E-state index contributed by atoms with van der Waals surface area (Å²) >= 11 is 0. The van der Waals surface area contributed by atoms with Crippen molar-refractivity contribution in [2.45, 2.75) is 6.92 Å². The van der Waals surface area contributed by atoms with Crippen LogP contribution in [0.1, 0.15) is 18.1 Å². The maximum atomic E-state index is 9.58. The molecule has 104 valence electrons. The average Bonchev–Trinajstić information content (AvgIpc) is 2.48.